The molecule has 5 rings (SSSR count). The lowest BCUT2D eigenvalue weighted by Gasteiger charge is -2.33. The molecule has 1 aliphatic rings. The molecule has 1 atom stereocenters. The maximum atomic E-state index is 13.6. The lowest BCUT2D eigenvalue weighted by Crippen LogP contribution is -2.40. The number of pyridine rings is 2. The van der Waals surface area contributed by atoms with E-state index in [0.29, 0.717) is 24.3 Å². The van der Waals surface area contributed by atoms with Gasteiger partial charge in [0.25, 0.3) is 5.91 Å². The van der Waals surface area contributed by atoms with Gasteiger partial charge in [0.05, 0.1) is 7.11 Å². The van der Waals surface area contributed by atoms with E-state index in [1.807, 2.05) is 23.1 Å². The number of hydrogen-bond acceptors (Lipinski definition) is 6. The number of halogens is 1. The van der Waals surface area contributed by atoms with Gasteiger partial charge in [0.15, 0.2) is 5.65 Å². The molecule has 0 spiro atoms. The minimum absolute atomic E-state index is 0.122. The molecule has 4 aromatic rings. The predicted octanol–water partition coefficient (Wildman–Crippen LogP) is 3.62. The van der Waals surface area contributed by atoms with Crippen molar-refractivity contribution in [3.8, 4) is 17.0 Å². The molecule has 9 heteroatoms. The Balaban J connectivity index is 1.39. The van der Waals surface area contributed by atoms with Crippen LogP contribution in [0.4, 0.5) is 10.3 Å². The van der Waals surface area contributed by atoms with Gasteiger partial charge in [-0.2, -0.15) is 4.98 Å². The number of amides is 1. The molecule has 0 saturated carbocycles. The van der Waals surface area contributed by atoms with Crippen LogP contribution in [-0.2, 0) is 6.42 Å². The van der Waals surface area contributed by atoms with Crippen molar-refractivity contribution in [2.75, 3.05) is 25.9 Å². The number of methoxy groups -OCH3 is 1. The van der Waals surface area contributed by atoms with Gasteiger partial charge in [-0.25, -0.2) is 13.9 Å². The van der Waals surface area contributed by atoms with Crippen LogP contribution in [0.15, 0.2) is 54.9 Å². The number of fused-ring (bicyclic) bond motifs is 1. The third-order valence-electron chi connectivity index (χ3n) is 6.18. The zero-order chi connectivity index (χ0) is 23.7. The summed E-state index contributed by atoms with van der Waals surface area (Å²) in [6.45, 7) is 1.27. The highest BCUT2D eigenvalue weighted by Gasteiger charge is 2.27. The normalized spacial score (nSPS) is 16.1. The van der Waals surface area contributed by atoms with Crippen molar-refractivity contribution < 1.29 is 13.9 Å². The highest BCUT2D eigenvalue weighted by Crippen LogP contribution is 2.28. The Labute approximate surface area is 196 Å². The van der Waals surface area contributed by atoms with E-state index < -0.39 is 0 Å². The molecule has 0 unspecified atom stereocenters. The van der Waals surface area contributed by atoms with Crippen molar-refractivity contribution in [2.45, 2.75) is 19.3 Å². The van der Waals surface area contributed by atoms with E-state index in [1.54, 1.807) is 35.1 Å². The summed E-state index contributed by atoms with van der Waals surface area (Å²) in [4.78, 5) is 24.0. The van der Waals surface area contributed by atoms with Gasteiger partial charge < -0.3 is 15.4 Å². The number of ether oxygens (including phenoxy) is 1. The first-order valence-corrected chi connectivity index (χ1v) is 11.2. The number of nitrogens with zero attached hydrogens (tertiary/aromatic N) is 5. The van der Waals surface area contributed by atoms with E-state index in [-0.39, 0.29) is 29.5 Å². The second-order valence-electron chi connectivity index (χ2n) is 8.56. The Kier molecular flexibility index (Phi) is 5.83. The Morgan fingerprint density at radius 1 is 1.24 bits per heavy atom. The summed E-state index contributed by atoms with van der Waals surface area (Å²) in [6, 6.07) is 12.2. The molecule has 1 aromatic carbocycles. The summed E-state index contributed by atoms with van der Waals surface area (Å²) >= 11 is 0. The van der Waals surface area contributed by atoms with Crippen molar-refractivity contribution in [2.24, 2.45) is 5.92 Å². The number of carbonyl (C=O) groups excluding carboxylic acids is 1. The van der Waals surface area contributed by atoms with Crippen LogP contribution in [0.3, 0.4) is 0 Å². The second-order valence-corrected chi connectivity index (χ2v) is 8.56. The van der Waals surface area contributed by atoms with Gasteiger partial charge in [0, 0.05) is 31.0 Å². The average molecular weight is 461 g/mol. The van der Waals surface area contributed by atoms with Crippen LogP contribution < -0.4 is 10.5 Å². The minimum Gasteiger partial charge on any atom is -0.480 e. The smallest absolute Gasteiger partial charge is 0.259 e. The van der Waals surface area contributed by atoms with Crippen molar-refractivity contribution in [3.63, 3.8) is 0 Å². The lowest BCUT2D eigenvalue weighted by molar-refractivity contribution is 0.0669. The number of anilines is 1. The Morgan fingerprint density at radius 3 is 2.94 bits per heavy atom. The monoisotopic (exact) mass is 460 g/mol. The maximum Gasteiger partial charge on any atom is 0.259 e. The fourth-order valence-corrected chi connectivity index (χ4v) is 4.59. The second kappa shape index (κ2) is 9.09. The van der Waals surface area contributed by atoms with Crippen LogP contribution in [0.2, 0.25) is 0 Å². The van der Waals surface area contributed by atoms with Gasteiger partial charge >= 0.3 is 0 Å². The standard InChI is InChI=1S/C25H25FN6O2/c1-34-23-21(12-19(14-28-23)18-7-9-32-22(13-18)29-25(27)30-32)24(33)31-8-3-5-17(15-31)10-16-4-2-6-20(26)11-16/h2,4,6-7,9,11-14,17H,3,5,8,10,15H2,1H3,(H2,27,30)/t17-/m0/s1. The van der Waals surface area contributed by atoms with Crippen LogP contribution in [-0.4, -0.2) is 50.6 Å². The first kappa shape index (κ1) is 21.8. The molecule has 0 radical (unpaired) electrons. The first-order chi connectivity index (χ1) is 16.5. The molecule has 4 heterocycles. The third-order valence-corrected chi connectivity index (χ3v) is 6.18. The largest absolute Gasteiger partial charge is 0.480 e. The fourth-order valence-electron chi connectivity index (χ4n) is 4.59. The molecule has 8 nitrogen and oxygen atoms in total. The molecule has 1 aliphatic heterocycles. The highest BCUT2D eigenvalue weighted by molar-refractivity contribution is 5.97. The molecular weight excluding hydrogens is 435 g/mol. The van der Waals surface area contributed by atoms with Gasteiger partial charge in [-0.05, 0) is 66.6 Å². The molecule has 1 fully saturated rings. The van der Waals surface area contributed by atoms with Crippen molar-refractivity contribution in [3.05, 3.63) is 71.8 Å². The van der Waals surface area contributed by atoms with Gasteiger partial charge in [0.1, 0.15) is 11.4 Å². The summed E-state index contributed by atoms with van der Waals surface area (Å²) < 4.78 is 20.6. The quantitative estimate of drug-likeness (QED) is 0.489. The first-order valence-electron chi connectivity index (χ1n) is 11.2. The molecule has 34 heavy (non-hydrogen) atoms. The van der Waals surface area contributed by atoms with Crippen molar-refractivity contribution in [1.29, 1.82) is 0 Å². The highest BCUT2D eigenvalue weighted by atomic mass is 19.1. The molecule has 1 amide bonds. The number of benzene rings is 1. The summed E-state index contributed by atoms with van der Waals surface area (Å²) in [5, 5.41) is 4.09. The topological polar surface area (TPSA) is 98.6 Å². The predicted molar refractivity (Wildman–Crippen MR) is 126 cm³/mol. The number of rotatable bonds is 5. The maximum absolute atomic E-state index is 13.6. The van der Waals surface area contributed by atoms with E-state index in [1.165, 1.54) is 13.2 Å². The van der Waals surface area contributed by atoms with Crippen LogP contribution in [0.1, 0.15) is 28.8 Å². The van der Waals surface area contributed by atoms with E-state index in [0.717, 1.165) is 36.0 Å². The zero-order valence-electron chi connectivity index (χ0n) is 18.8. The van der Waals surface area contributed by atoms with Crippen LogP contribution in [0.25, 0.3) is 16.8 Å². The Hall–Kier alpha value is -4.01. The zero-order valence-corrected chi connectivity index (χ0v) is 18.8. The van der Waals surface area contributed by atoms with Gasteiger partial charge in [-0.3, -0.25) is 4.79 Å². The van der Waals surface area contributed by atoms with E-state index in [9.17, 15) is 9.18 Å². The molecule has 174 valence electrons. The van der Waals surface area contributed by atoms with E-state index >= 15 is 0 Å². The van der Waals surface area contributed by atoms with E-state index in [4.69, 9.17) is 10.5 Å². The number of likely N-dealkylation sites (tertiary alicyclic amines) is 1. The molecule has 0 aliphatic carbocycles. The molecule has 2 N–H and O–H groups in total. The third kappa shape index (κ3) is 4.41. The molecular formula is C25H25FN6O2. The fraction of sp³-hybridized carbons (Fsp3) is 0.280. The number of piperidine rings is 1. The number of nitrogen functional groups attached to an aromatic ring is 1. The summed E-state index contributed by atoms with van der Waals surface area (Å²) in [7, 11) is 1.51. The number of hydrogen-bond donors (Lipinski definition) is 1. The molecule has 3 aromatic heterocycles. The van der Waals surface area contributed by atoms with Crippen molar-refractivity contribution in [1.82, 2.24) is 24.5 Å². The van der Waals surface area contributed by atoms with E-state index in [2.05, 4.69) is 15.1 Å². The summed E-state index contributed by atoms with van der Waals surface area (Å²) in [5.41, 5.74) is 9.26. The van der Waals surface area contributed by atoms with Crippen LogP contribution in [0.5, 0.6) is 5.88 Å². The molecule has 0 bridgehead atoms. The average Bonchev–Trinajstić information content (AvgIpc) is 3.22. The Bertz CT molecular complexity index is 1350. The SMILES string of the molecule is COc1ncc(-c2ccn3nc(N)nc3c2)cc1C(=O)N1CCC[C@@H](Cc2cccc(F)c2)C1. The number of aromatic nitrogens is 4. The molecule has 1 saturated heterocycles. The minimum atomic E-state index is -0.235. The van der Waals surface area contributed by atoms with Crippen molar-refractivity contribution >= 4 is 17.5 Å². The van der Waals surface area contributed by atoms with Gasteiger partial charge in [-0.1, -0.05) is 12.1 Å². The summed E-state index contributed by atoms with van der Waals surface area (Å²) in [6.07, 6.45) is 6.06. The van der Waals surface area contributed by atoms with Crippen LogP contribution >= 0.6 is 0 Å². The number of nitrogens with two attached hydrogens (primary N) is 1. The van der Waals surface area contributed by atoms with Gasteiger partial charge in [0.2, 0.25) is 11.8 Å². The van der Waals surface area contributed by atoms with Gasteiger partial charge in [-0.15, -0.1) is 5.10 Å². The number of carbonyl (C=O) groups is 1. The van der Waals surface area contributed by atoms with Crippen LogP contribution in [0, 0.1) is 11.7 Å². The Morgan fingerprint density at radius 2 is 2.12 bits per heavy atom. The summed E-state index contributed by atoms with van der Waals surface area (Å²) in [5.74, 6) is 0.388. The lowest BCUT2D eigenvalue weighted by atomic mass is 9.91.